The maximum absolute atomic E-state index is 5.64. The highest BCUT2D eigenvalue weighted by Gasteiger charge is 2.09. The fourth-order valence-corrected chi connectivity index (χ4v) is 1.53. The van der Waals surface area contributed by atoms with E-state index >= 15 is 0 Å². The largest absolute Gasteiger partial charge is 0.459 e. The Bertz CT molecular complexity index is 340. The minimum absolute atomic E-state index is 0.179. The van der Waals surface area contributed by atoms with Crippen LogP contribution in [0.4, 0.5) is 0 Å². The van der Waals surface area contributed by atoms with E-state index in [2.05, 4.69) is 33.8 Å². The summed E-state index contributed by atoms with van der Waals surface area (Å²) in [5.41, 5.74) is 1.35. The second kappa shape index (κ2) is 4.67. The van der Waals surface area contributed by atoms with E-state index in [1.54, 1.807) is 7.11 Å². The first-order chi connectivity index (χ1) is 6.92. The second-order valence-corrected chi connectivity index (χ2v) is 4.89. The van der Waals surface area contributed by atoms with Crippen LogP contribution in [-0.4, -0.2) is 7.11 Å². The third kappa shape index (κ3) is 3.92. The maximum Gasteiger partial charge on any atom is 0.130 e. The van der Waals surface area contributed by atoms with E-state index < -0.39 is 0 Å². The van der Waals surface area contributed by atoms with Crippen molar-refractivity contribution in [1.29, 1.82) is 0 Å². The van der Waals surface area contributed by atoms with Crippen LogP contribution in [0.15, 0.2) is 22.6 Å². The minimum Gasteiger partial charge on any atom is -0.459 e. The van der Waals surface area contributed by atoms with Crippen LogP contribution in [0, 0.1) is 5.41 Å². The van der Waals surface area contributed by atoms with Gasteiger partial charge in [0, 0.05) is 7.11 Å². The van der Waals surface area contributed by atoms with Crippen LogP contribution in [0.2, 0.25) is 0 Å². The topological polar surface area (TPSA) is 22.4 Å². The average molecular weight is 208 g/mol. The van der Waals surface area contributed by atoms with Gasteiger partial charge in [0.1, 0.15) is 18.1 Å². The molecule has 15 heavy (non-hydrogen) atoms. The smallest absolute Gasteiger partial charge is 0.130 e. The van der Waals surface area contributed by atoms with E-state index in [0.29, 0.717) is 6.61 Å². The van der Waals surface area contributed by atoms with Crippen molar-refractivity contribution in [3.05, 3.63) is 29.7 Å². The summed E-state index contributed by atoms with van der Waals surface area (Å²) in [6.45, 7) is 9.13. The molecule has 2 nitrogen and oxygen atoms in total. The number of rotatable bonds is 3. The highest BCUT2D eigenvalue weighted by Crippen LogP contribution is 2.24. The monoisotopic (exact) mass is 208 g/mol. The molecular weight excluding hydrogens is 188 g/mol. The van der Waals surface area contributed by atoms with Gasteiger partial charge in [0.15, 0.2) is 0 Å². The zero-order valence-electron chi connectivity index (χ0n) is 10.3. The highest BCUT2D eigenvalue weighted by atomic mass is 16.5. The van der Waals surface area contributed by atoms with Gasteiger partial charge >= 0.3 is 0 Å². The van der Waals surface area contributed by atoms with Crippen molar-refractivity contribution in [3.8, 4) is 0 Å². The van der Waals surface area contributed by atoms with Gasteiger partial charge in [-0.1, -0.05) is 26.8 Å². The van der Waals surface area contributed by atoms with Crippen LogP contribution in [0.5, 0.6) is 0 Å². The van der Waals surface area contributed by atoms with Gasteiger partial charge < -0.3 is 9.15 Å². The summed E-state index contributed by atoms with van der Waals surface area (Å²) in [5, 5.41) is 0. The molecule has 0 radical (unpaired) electrons. The third-order valence-corrected chi connectivity index (χ3v) is 1.99. The predicted molar refractivity (Wildman–Crippen MR) is 62.5 cm³/mol. The zero-order chi connectivity index (χ0) is 11.5. The molecule has 0 aliphatic heterocycles. The van der Waals surface area contributed by atoms with Crippen molar-refractivity contribution in [2.24, 2.45) is 5.41 Å². The molecule has 0 saturated carbocycles. The van der Waals surface area contributed by atoms with E-state index in [-0.39, 0.29) is 5.41 Å². The molecule has 0 unspecified atom stereocenters. The third-order valence-electron chi connectivity index (χ3n) is 1.99. The Morgan fingerprint density at radius 3 is 2.60 bits per heavy atom. The Hall–Kier alpha value is -1.02. The molecule has 0 spiro atoms. The van der Waals surface area contributed by atoms with Gasteiger partial charge in [-0.2, -0.15) is 0 Å². The zero-order valence-corrected chi connectivity index (χ0v) is 10.3. The molecule has 0 fully saturated rings. The summed E-state index contributed by atoms with van der Waals surface area (Å²) in [7, 11) is 1.67. The molecule has 1 heterocycles. The molecule has 2 heteroatoms. The van der Waals surface area contributed by atoms with Gasteiger partial charge in [0.05, 0.1) is 0 Å². The van der Waals surface area contributed by atoms with Crippen LogP contribution in [0.1, 0.15) is 39.2 Å². The Morgan fingerprint density at radius 2 is 2.07 bits per heavy atom. The lowest BCUT2D eigenvalue weighted by atomic mass is 9.93. The van der Waals surface area contributed by atoms with Crippen molar-refractivity contribution in [2.45, 2.75) is 34.3 Å². The Morgan fingerprint density at radius 1 is 1.40 bits per heavy atom. The Labute approximate surface area is 91.9 Å². The molecule has 0 aromatic carbocycles. The van der Waals surface area contributed by atoms with Crippen LogP contribution < -0.4 is 0 Å². The number of ether oxygens (including phenoxy) is 1. The first kappa shape index (κ1) is 12.1. The number of hydrogen-bond donors (Lipinski definition) is 0. The quantitative estimate of drug-likeness (QED) is 0.752. The molecule has 1 aromatic heterocycles. The fraction of sp³-hybridized carbons (Fsp3) is 0.538. The lowest BCUT2D eigenvalue weighted by Gasteiger charge is -2.13. The molecule has 0 bridgehead atoms. The van der Waals surface area contributed by atoms with Crippen LogP contribution >= 0.6 is 0 Å². The van der Waals surface area contributed by atoms with Crippen molar-refractivity contribution < 1.29 is 9.15 Å². The van der Waals surface area contributed by atoms with E-state index in [1.165, 1.54) is 5.57 Å². The summed E-state index contributed by atoms with van der Waals surface area (Å²) >= 11 is 0. The van der Waals surface area contributed by atoms with Crippen LogP contribution in [-0.2, 0) is 11.3 Å². The molecule has 0 saturated heterocycles. The fourth-order valence-electron chi connectivity index (χ4n) is 1.53. The first-order valence-corrected chi connectivity index (χ1v) is 5.20. The SMILES string of the molecule is COCc1ccc(/C(C)=C/C(C)(C)C)o1. The molecule has 0 atom stereocenters. The Kier molecular flexibility index (Phi) is 3.75. The predicted octanol–water partition coefficient (Wildman–Crippen LogP) is 3.88. The standard InChI is InChI=1S/C13H20O2/c1-10(8-13(2,3)4)12-7-6-11(15-12)9-14-5/h6-8H,9H2,1-5H3/b10-8+. The van der Waals surface area contributed by atoms with Crippen LogP contribution in [0.3, 0.4) is 0 Å². The van der Waals surface area contributed by atoms with E-state index in [0.717, 1.165) is 11.5 Å². The lowest BCUT2D eigenvalue weighted by Crippen LogP contribution is -1.99. The Balaban J connectivity index is 2.82. The lowest BCUT2D eigenvalue weighted by molar-refractivity contribution is 0.164. The van der Waals surface area contributed by atoms with Crippen molar-refractivity contribution in [3.63, 3.8) is 0 Å². The van der Waals surface area contributed by atoms with E-state index in [9.17, 15) is 0 Å². The van der Waals surface area contributed by atoms with Crippen LogP contribution in [0.25, 0.3) is 5.57 Å². The van der Waals surface area contributed by atoms with Gasteiger partial charge in [0.25, 0.3) is 0 Å². The van der Waals surface area contributed by atoms with Crippen molar-refractivity contribution >= 4 is 5.57 Å². The molecule has 1 rings (SSSR count). The van der Waals surface area contributed by atoms with Gasteiger partial charge in [0.2, 0.25) is 0 Å². The molecule has 0 aliphatic carbocycles. The summed E-state index contributed by atoms with van der Waals surface area (Å²) < 4.78 is 10.6. The highest BCUT2D eigenvalue weighted by molar-refractivity contribution is 5.59. The number of hydrogen-bond acceptors (Lipinski definition) is 2. The summed E-state index contributed by atoms with van der Waals surface area (Å²) in [5.74, 6) is 1.80. The molecular formula is C13H20O2. The number of methoxy groups -OCH3 is 1. The maximum atomic E-state index is 5.64. The molecule has 0 aliphatic rings. The van der Waals surface area contributed by atoms with E-state index in [1.807, 2.05) is 12.1 Å². The van der Waals surface area contributed by atoms with Gasteiger partial charge in [-0.05, 0) is 30.0 Å². The molecule has 0 N–H and O–H groups in total. The summed E-state index contributed by atoms with van der Waals surface area (Å²) in [6.07, 6.45) is 2.21. The molecule has 84 valence electrons. The van der Waals surface area contributed by atoms with Crippen molar-refractivity contribution in [2.75, 3.05) is 7.11 Å². The number of furan rings is 1. The van der Waals surface area contributed by atoms with Crippen molar-refractivity contribution in [1.82, 2.24) is 0 Å². The summed E-state index contributed by atoms with van der Waals surface area (Å²) in [6, 6.07) is 3.95. The second-order valence-electron chi connectivity index (χ2n) is 4.89. The minimum atomic E-state index is 0.179. The normalized spacial score (nSPS) is 13.3. The first-order valence-electron chi connectivity index (χ1n) is 5.20. The van der Waals surface area contributed by atoms with Gasteiger partial charge in [-0.15, -0.1) is 0 Å². The molecule has 0 amide bonds. The van der Waals surface area contributed by atoms with E-state index in [4.69, 9.17) is 9.15 Å². The average Bonchev–Trinajstić information content (AvgIpc) is 2.50. The molecule has 1 aromatic rings. The number of allylic oxidation sites excluding steroid dienone is 2. The van der Waals surface area contributed by atoms with Gasteiger partial charge in [-0.25, -0.2) is 0 Å². The summed E-state index contributed by atoms with van der Waals surface area (Å²) in [4.78, 5) is 0. The van der Waals surface area contributed by atoms with Gasteiger partial charge in [-0.3, -0.25) is 0 Å².